The fourth-order valence-electron chi connectivity index (χ4n) is 4.48. The standard InChI is InChI=1S/C28H33N5O4/c1-18-9-11-20(12-10-18)33-24(19-13-15-32(16-14-19)27(36)37-28(2,3)4)22(17-30-33)26(35)31-23-8-6-5-7-21(23)25(29)34/h5-12,17,19H,13-16H2,1-4H3,(H2,29,34)(H,31,35). The number of amides is 3. The quantitative estimate of drug-likeness (QED) is 0.525. The van der Waals surface area contributed by atoms with Crippen molar-refractivity contribution in [3.05, 3.63) is 77.1 Å². The smallest absolute Gasteiger partial charge is 0.410 e. The summed E-state index contributed by atoms with van der Waals surface area (Å²) in [4.78, 5) is 39.6. The molecule has 0 bridgehead atoms. The minimum Gasteiger partial charge on any atom is -0.444 e. The summed E-state index contributed by atoms with van der Waals surface area (Å²) < 4.78 is 7.33. The van der Waals surface area contributed by atoms with Gasteiger partial charge in [-0.05, 0) is 64.8 Å². The summed E-state index contributed by atoms with van der Waals surface area (Å²) in [6.07, 6.45) is 2.51. The van der Waals surface area contributed by atoms with E-state index in [1.54, 1.807) is 40.0 Å². The Hall–Kier alpha value is -4.14. The van der Waals surface area contributed by atoms with E-state index in [0.717, 1.165) is 16.9 Å². The number of benzene rings is 2. The van der Waals surface area contributed by atoms with E-state index in [9.17, 15) is 14.4 Å². The maximum atomic E-state index is 13.5. The Morgan fingerprint density at radius 3 is 2.27 bits per heavy atom. The summed E-state index contributed by atoms with van der Waals surface area (Å²) >= 11 is 0. The van der Waals surface area contributed by atoms with Crippen LogP contribution in [0.1, 0.15) is 71.5 Å². The van der Waals surface area contributed by atoms with Gasteiger partial charge < -0.3 is 20.7 Å². The third-order valence-corrected chi connectivity index (χ3v) is 6.30. The molecule has 3 N–H and O–H groups in total. The second-order valence-electron chi connectivity index (χ2n) is 10.3. The molecule has 1 fully saturated rings. The van der Waals surface area contributed by atoms with E-state index in [2.05, 4.69) is 10.4 Å². The Morgan fingerprint density at radius 2 is 1.65 bits per heavy atom. The molecule has 3 aromatic rings. The van der Waals surface area contributed by atoms with Crippen LogP contribution in [0.5, 0.6) is 0 Å². The first kappa shape index (κ1) is 25.9. The topological polar surface area (TPSA) is 120 Å². The molecule has 194 valence electrons. The van der Waals surface area contributed by atoms with Gasteiger partial charge in [0.15, 0.2) is 0 Å². The largest absolute Gasteiger partial charge is 0.444 e. The number of nitrogens with one attached hydrogen (secondary N) is 1. The van der Waals surface area contributed by atoms with Crippen LogP contribution in [0, 0.1) is 6.92 Å². The van der Waals surface area contributed by atoms with Gasteiger partial charge in [0.05, 0.1) is 34.4 Å². The molecule has 0 radical (unpaired) electrons. The molecule has 2 aromatic carbocycles. The van der Waals surface area contributed by atoms with Gasteiger partial charge in [0.2, 0.25) is 0 Å². The fourth-order valence-corrected chi connectivity index (χ4v) is 4.48. The Kier molecular flexibility index (Phi) is 7.33. The Morgan fingerprint density at radius 1 is 1.00 bits per heavy atom. The summed E-state index contributed by atoms with van der Waals surface area (Å²) in [5.41, 5.74) is 8.63. The second kappa shape index (κ2) is 10.5. The number of nitrogens with zero attached hydrogens (tertiary/aromatic N) is 3. The van der Waals surface area contributed by atoms with Crippen molar-refractivity contribution < 1.29 is 19.1 Å². The first-order valence-corrected chi connectivity index (χ1v) is 12.4. The van der Waals surface area contributed by atoms with Crippen LogP contribution in [0.2, 0.25) is 0 Å². The molecule has 1 aromatic heterocycles. The Balaban J connectivity index is 1.64. The van der Waals surface area contributed by atoms with Crippen molar-refractivity contribution in [1.29, 1.82) is 0 Å². The van der Waals surface area contributed by atoms with Crippen molar-refractivity contribution in [1.82, 2.24) is 14.7 Å². The summed E-state index contributed by atoms with van der Waals surface area (Å²) in [7, 11) is 0. The predicted octanol–water partition coefficient (Wildman–Crippen LogP) is 4.65. The molecule has 1 saturated heterocycles. The molecule has 1 aliphatic heterocycles. The van der Waals surface area contributed by atoms with Gasteiger partial charge >= 0.3 is 6.09 Å². The van der Waals surface area contributed by atoms with Crippen molar-refractivity contribution in [2.75, 3.05) is 18.4 Å². The fraction of sp³-hybridized carbons (Fsp3) is 0.357. The number of ether oxygens (including phenoxy) is 1. The van der Waals surface area contributed by atoms with Crippen molar-refractivity contribution in [2.45, 2.75) is 52.1 Å². The molecule has 2 heterocycles. The molecule has 1 aliphatic rings. The molecule has 0 unspecified atom stereocenters. The van der Waals surface area contributed by atoms with E-state index in [0.29, 0.717) is 37.2 Å². The SMILES string of the molecule is Cc1ccc(-n2ncc(C(=O)Nc3ccccc3C(N)=O)c2C2CCN(C(=O)OC(C)(C)C)CC2)cc1. The number of rotatable bonds is 5. The molecule has 9 heteroatoms. The van der Waals surface area contributed by atoms with Crippen LogP contribution in [0.3, 0.4) is 0 Å². The van der Waals surface area contributed by atoms with E-state index in [4.69, 9.17) is 10.5 Å². The molecule has 0 saturated carbocycles. The molecule has 0 spiro atoms. The van der Waals surface area contributed by atoms with Crippen molar-refractivity contribution in [3.8, 4) is 5.69 Å². The number of aryl methyl sites for hydroxylation is 1. The van der Waals surface area contributed by atoms with E-state index in [1.807, 2.05) is 52.0 Å². The lowest BCUT2D eigenvalue weighted by atomic mass is 9.90. The van der Waals surface area contributed by atoms with Gasteiger partial charge in [-0.1, -0.05) is 29.8 Å². The van der Waals surface area contributed by atoms with Crippen LogP contribution in [-0.4, -0.2) is 51.3 Å². The van der Waals surface area contributed by atoms with Crippen LogP contribution in [0.15, 0.2) is 54.7 Å². The number of hydrogen-bond acceptors (Lipinski definition) is 5. The number of piperidine rings is 1. The minimum absolute atomic E-state index is 0.0189. The molecule has 4 rings (SSSR count). The normalized spacial score (nSPS) is 14.3. The van der Waals surface area contributed by atoms with Crippen LogP contribution in [0.25, 0.3) is 5.69 Å². The number of aromatic nitrogens is 2. The molecule has 9 nitrogen and oxygen atoms in total. The number of anilines is 1. The highest BCUT2D eigenvalue weighted by Crippen LogP contribution is 2.33. The zero-order valence-corrected chi connectivity index (χ0v) is 21.7. The van der Waals surface area contributed by atoms with Crippen LogP contribution >= 0.6 is 0 Å². The van der Waals surface area contributed by atoms with Crippen LogP contribution < -0.4 is 11.1 Å². The lowest BCUT2D eigenvalue weighted by molar-refractivity contribution is 0.0203. The molecule has 3 amide bonds. The van der Waals surface area contributed by atoms with Gasteiger partial charge in [-0.3, -0.25) is 9.59 Å². The van der Waals surface area contributed by atoms with Crippen molar-refractivity contribution >= 4 is 23.6 Å². The molecule has 37 heavy (non-hydrogen) atoms. The van der Waals surface area contributed by atoms with E-state index in [-0.39, 0.29) is 23.5 Å². The van der Waals surface area contributed by atoms with Gasteiger partial charge in [-0.25, -0.2) is 9.48 Å². The average molecular weight is 504 g/mol. The third kappa shape index (κ3) is 5.99. The molecular formula is C28H33N5O4. The summed E-state index contributed by atoms with van der Waals surface area (Å²) in [5.74, 6) is -1.02. The van der Waals surface area contributed by atoms with Gasteiger partial charge in [0.1, 0.15) is 5.60 Å². The first-order chi connectivity index (χ1) is 17.5. The van der Waals surface area contributed by atoms with Gasteiger partial charge in [0, 0.05) is 19.0 Å². The van der Waals surface area contributed by atoms with Crippen molar-refractivity contribution in [2.24, 2.45) is 5.73 Å². The lowest BCUT2D eigenvalue weighted by Gasteiger charge is -2.34. The summed E-state index contributed by atoms with van der Waals surface area (Å²) in [6.45, 7) is 8.56. The number of likely N-dealkylation sites (tertiary alicyclic amines) is 1. The monoisotopic (exact) mass is 503 g/mol. The van der Waals surface area contributed by atoms with Crippen LogP contribution in [-0.2, 0) is 4.74 Å². The highest BCUT2D eigenvalue weighted by atomic mass is 16.6. The van der Waals surface area contributed by atoms with Gasteiger partial charge in [-0.2, -0.15) is 5.10 Å². The van der Waals surface area contributed by atoms with Gasteiger partial charge in [0.25, 0.3) is 11.8 Å². The number of nitrogens with two attached hydrogens (primary N) is 1. The number of primary amides is 1. The zero-order chi connectivity index (χ0) is 26.7. The Bertz CT molecular complexity index is 1300. The predicted molar refractivity (Wildman–Crippen MR) is 141 cm³/mol. The first-order valence-electron chi connectivity index (χ1n) is 12.4. The minimum atomic E-state index is -0.624. The lowest BCUT2D eigenvalue weighted by Crippen LogP contribution is -2.41. The number of carbonyl (C=O) groups excluding carboxylic acids is 3. The highest BCUT2D eigenvalue weighted by molar-refractivity contribution is 6.09. The van der Waals surface area contributed by atoms with E-state index >= 15 is 0 Å². The summed E-state index contributed by atoms with van der Waals surface area (Å²) in [6, 6.07) is 14.5. The summed E-state index contributed by atoms with van der Waals surface area (Å²) in [5, 5.41) is 7.41. The number of hydrogen-bond donors (Lipinski definition) is 2. The highest BCUT2D eigenvalue weighted by Gasteiger charge is 2.32. The number of carbonyl (C=O) groups is 3. The molecule has 0 atom stereocenters. The molecule has 0 aliphatic carbocycles. The van der Waals surface area contributed by atoms with Crippen molar-refractivity contribution in [3.63, 3.8) is 0 Å². The van der Waals surface area contributed by atoms with E-state index < -0.39 is 11.5 Å². The Labute approximate surface area is 216 Å². The van der Waals surface area contributed by atoms with E-state index in [1.165, 1.54) is 0 Å². The van der Waals surface area contributed by atoms with Gasteiger partial charge in [-0.15, -0.1) is 0 Å². The third-order valence-electron chi connectivity index (χ3n) is 6.30. The maximum Gasteiger partial charge on any atom is 0.410 e. The second-order valence-corrected chi connectivity index (χ2v) is 10.3. The molecular weight excluding hydrogens is 470 g/mol. The average Bonchev–Trinajstić information content (AvgIpc) is 3.29. The maximum absolute atomic E-state index is 13.5. The zero-order valence-electron chi connectivity index (χ0n) is 21.7. The van der Waals surface area contributed by atoms with Crippen LogP contribution in [0.4, 0.5) is 10.5 Å². The number of para-hydroxylation sites is 1.